The molecule has 0 unspecified atom stereocenters. The van der Waals surface area contributed by atoms with Crippen LogP contribution in [0.25, 0.3) is 11.3 Å². The number of aromatic nitrogens is 1. The van der Waals surface area contributed by atoms with Crippen LogP contribution < -0.4 is 4.74 Å². The Morgan fingerprint density at radius 2 is 2.13 bits per heavy atom. The zero-order valence-electron chi connectivity index (χ0n) is 8.86. The van der Waals surface area contributed by atoms with Crippen molar-refractivity contribution < 1.29 is 9.15 Å². The van der Waals surface area contributed by atoms with E-state index >= 15 is 0 Å². The molecule has 3 nitrogen and oxygen atoms in total. The highest BCUT2D eigenvalue weighted by Gasteiger charge is 2.11. The number of hydrogen-bond donors (Lipinski definition) is 0. The van der Waals surface area contributed by atoms with E-state index in [9.17, 15) is 0 Å². The Labute approximate surface area is 88.7 Å². The molecule has 0 fully saturated rings. The van der Waals surface area contributed by atoms with Crippen LogP contribution in [0.3, 0.4) is 0 Å². The fraction of sp³-hybridized carbons (Fsp3) is 0.250. The second-order valence-corrected chi connectivity index (χ2v) is 3.20. The molecule has 78 valence electrons. The van der Waals surface area contributed by atoms with E-state index in [0.717, 1.165) is 22.8 Å². The minimum absolute atomic E-state index is 0.643. The van der Waals surface area contributed by atoms with E-state index in [4.69, 9.17) is 9.15 Å². The van der Waals surface area contributed by atoms with Gasteiger partial charge >= 0.3 is 0 Å². The molecule has 0 saturated heterocycles. The average molecular weight is 203 g/mol. The third-order valence-electron chi connectivity index (χ3n) is 2.18. The number of rotatable bonds is 3. The van der Waals surface area contributed by atoms with Gasteiger partial charge in [-0.05, 0) is 26.0 Å². The predicted molar refractivity (Wildman–Crippen MR) is 57.8 cm³/mol. The monoisotopic (exact) mass is 203 g/mol. The zero-order chi connectivity index (χ0) is 10.7. The van der Waals surface area contributed by atoms with Crippen LogP contribution in [0.15, 0.2) is 35.1 Å². The highest BCUT2D eigenvalue weighted by Crippen LogP contribution is 2.31. The van der Waals surface area contributed by atoms with Crippen molar-refractivity contribution in [3.63, 3.8) is 0 Å². The summed E-state index contributed by atoms with van der Waals surface area (Å²) in [5, 5.41) is 0. The summed E-state index contributed by atoms with van der Waals surface area (Å²) < 4.78 is 10.9. The van der Waals surface area contributed by atoms with Crippen molar-refractivity contribution >= 4 is 0 Å². The maximum absolute atomic E-state index is 5.53. The van der Waals surface area contributed by atoms with Gasteiger partial charge < -0.3 is 9.15 Å². The second kappa shape index (κ2) is 4.17. The van der Waals surface area contributed by atoms with E-state index in [2.05, 4.69) is 4.98 Å². The number of hydrogen-bond acceptors (Lipinski definition) is 3. The lowest BCUT2D eigenvalue weighted by molar-refractivity contribution is 0.340. The van der Waals surface area contributed by atoms with Crippen molar-refractivity contribution in [3.8, 4) is 17.1 Å². The van der Waals surface area contributed by atoms with Gasteiger partial charge in [0.05, 0.1) is 17.9 Å². The first kappa shape index (κ1) is 9.77. The van der Waals surface area contributed by atoms with Crippen LogP contribution in [0.4, 0.5) is 0 Å². The summed E-state index contributed by atoms with van der Waals surface area (Å²) in [6, 6.07) is 7.80. The lowest BCUT2D eigenvalue weighted by atomic mass is 10.1. The first-order chi connectivity index (χ1) is 7.33. The fourth-order valence-electron chi connectivity index (χ4n) is 1.50. The summed E-state index contributed by atoms with van der Waals surface area (Å²) in [5.74, 6) is 1.61. The second-order valence-electron chi connectivity index (χ2n) is 3.20. The summed E-state index contributed by atoms with van der Waals surface area (Å²) in [7, 11) is 0. The quantitative estimate of drug-likeness (QED) is 0.769. The van der Waals surface area contributed by atoms with E-state index in [0.29, 0.717) is 6.61 Å². The molecule has 0 saturated carbocycles. The molecular formula is C12H13NO2. The Morgan fingerprint density at radius 3 is 2.80 bits per heavy atom. The SMILES string of the molecule is CCOc1ccccc1-c1ocnc1C. The molecule has 1 heterocycles. The molecule has 2 aromatic rings. The fourth-order valence-corrected chi connectivity index (χ4v) is 1.50. The highest BCUT2D eigenvalue weighted by atomic mass is 16.5. The number of oxazole rings is 1. The van der Waals surface area contributed by atoms with Gasteiger partial charge in [-0.15, -0.1) is 0 Å². The Hall–Kier alpha value is -1.77. The first-order valence-corrected chi connectivity index (χ1v) is 4.95. The minimum atomic E-state index is 0.643. The maximum atomic E-state index is 5.53. The number of aryl methyl sites for hydroxylation is 1. The summed E-state index contributed by atoms with van der Waals surface area (Å²) in [6.45, 7) is 4.52. The van der Waals surface area contributed by atoms with E-state index in [1.807, 2.05) is 38.1 Å². The third kappa shape index (κ3) is 1.86. The van der Waals surface area contributed by atoms with Crippen molar-refractivity contribution in [3.05, 3.63) is 36.4 Å². The molecule has 0 aliphatic carbocycles. The van der Waals surface area contributed by atoms with Gasteiger partial charge in [-0.25, -0.2) is 4.98 Å². The lowest BCUT2D eigenvalue weighted by Gasteiger charge is -2.07. The van der Waals surface area contributed by atoms with Gasteiger partial charge in [-0.3, -0.25) is 0 Å². The maximum Gasteiger partial charge on any atom is 0.181 e. The van der Waals surface area contributed by atoms with Gasteiger partial charge in [0.25, 0.3) is 0 Å². The summed E-state index contributed by atoms with van der Waals surface area (Å²) in [6.07, 6.45) is 1.45. The number of para-hydroxylation sites is 1. The Kier molecular flexibility index (Phi) is 2.72. The first-order valence-electron chi connectivity index (χ1n) is 4.95. The molecule has 0 bridgehead atoms. The van der Waals surface area contributed by atoms with Crippen molar-refractivity contribution in [1.82, 2.24) is 4.98 Å². The summed E-state index contributed by atoms with van der Waals surface area (Å²) in [5.41, 5.74) is 1.83. The van der Waals surface area contributed by atoms with Crippen LogP contribution in [0, 0.1) is 6.92 Å². The smallest absolute Gasteiger partial charge is 0.181 e. The third-order valence-corrected chi connectivity index (χ3v) is 2.18. The number of nitrogens with zero attached hydrogens (tertiary/aromatic N) is 1. The standard InChI is InChI=1S/C12H13NO2/c1-3-14-11-7-5-4-6-10(11)12-9(2)13-8-15-12/h4-8H,3H2,1-2H3. The molecule has 15 heavy (non-hydrogen) atoms. The topological polar surface area (TPSA) is 35.3 Å². The van der Waals surface area contributed by atoms with Gasteiger partial charge in [0.1, 0.15) is 5.75 Å². The van der Waals surface area contributed by atoms with Crippen molar-refractivity contribution in [2.75, 3.05) is 6.61 Å². The van der Waals surface area contributed by atoms with Crippen molar-refractivity contribution in [2.24, 2.45) is 0 Å². The molecule has 0 aliphatic heterocycles. The van der Waals surface area contributed by atoms with E-state index < -0.39 is 0 Å². The Balaban J connectivity index is 2.48. The van der Waals surface area contributed by atoms with Crippen molar-refractivity contribution in [1.29, 1.82) is 0 Å². The highest BCUT2D eigenvalue weighted by molar-refractivity contribution is 5.67. The normalized spacial score (nSPS) is 10.3. The van der Waals surface area contributed by atoms with Gasteiger partial charge in [-0.1, -0.05) is 12.1 Å². The molecule has 0 spiro atoms. The van der Waals surface area contributed by atoms with Gasteiger partial charge in [-0.2, -0.15) is 0 Å². The van der Waals surface area contributed by atoms with Crippen LogP contribution in [-0.2, 0) is 0 Å². The van der Waals surface area contributed by atoms with Gasteiger partial charge in [0.2, 0.25) is 0 Å². The number of benzene rings is 1. The molecule has 0 amide bonds. The van der Waals surface area contributed by atoms with Crippen LogP contribution >= 0.6 is 0 Å². The molecule has 1 aromatic heterocycles. The average Bonchev–Trinajstić information content (AvgIpc) is 2.66. The number of ether oxygens (including phenoxy) is 1. The molecule has 0 N–H and O–H groups in total. The Bertz CT molecular complexity index is 448. The lowest BCUT2D eigenvalue weighted by Crippen LogP contribution is -1.93. The van der Waals surface area contributed by atoms with E-state index in [-0.39, 0.29) is 0 Å². The Morgan fingerprint density at radius 1 is 1.33 bits per heavy atom. The molecule has 3 heteroatoms. The largest absolute Gasteiger partial charge is 0.493 e. The predicted octanol–water partition coefficient (Wildman–Crippen LogP) is 3.05. The molecule has 0 atom stereocenters. The van der Waals surface area contributed by atoms with Crippen LogP contribution in [0.1, 0.15) is 12.6 Å². The molecule has 0 radical (unpaired) electrons. The molecule has 0 aliphatic rings. The zero-order valence-corrected chi connectivity index (χ0v) is 8.86. The molecule has 1 aromatic carbocycles. The van der Waals surface area contributed by atoms with E-state index in [1.165, 1.54) is 6.39 Å². The van der Waals surface area contributed by atoms with Crippen LogP contribution in [-0.4, -0.2) is 11.6 Å². The van der Waals surface area contributed by atoms with Gasteiger partial charge in [0.15, 0.2) is 12.2 Å². The summed E-state index contributed by atoms with van der Waals surface area (Å²) in [4.78, 5) is 4.07. The van der Waals surface area contributed by atoms with Crippen LogP contribution in [0.5, 0.6) is 5.75 Å². The minimum Gasteiger partial charge on any atom is -0.493 e. The summed E-state index contributed by atoms with van der Waals surface area (Å²) >= 11 is 0. The van der Waals surface area contributed by atoms with E-state index in [1.54, 1.807) is 0 Å². The van der Waals surface area contributed by atoms with Gasteiger partial charge in [0, 0.05) is 0 Å². The van der Waals surface area contributed by atoms with Crippen molar-refractivity contribution in [2.45, 2.75) is 13.8 Å². The van der Waals surface area contributed by atoms with Crippen LogP contribution in [0.2, 0.25) is 0 Å². The molecular weight excluding hydrogens is 190 g/mol. The molecule has 2 rings (SSSR count).